The Hall–Kier alpha value is -3.02. The normalized spacial score (nSPS) is 12.1. The highest BCUT2D eigenvalue weighted by molar-refractivity contribution is 7.18. The molecule has 0 saturated carbocycles. The zero-order chi connectivity index (χ0) is 20.9. The number of carbonyl (C=O) groups is 1. The number of aromatic nitrogens is 1. The first kappa shape index (κ1) is 20.3. The van der Waals surface area contributed by atoms with Gasteiger partial charge in [-0.1, -0.05) is 72.3 Å². The lowest BCUT2D eigenvalue weighted by molar-refractivity contribution is -0.129. The van der Waals surface area contributed by atoms with Crippen LogP contribution in [0, 0.1) is 6.92 Å². The number of para-hydroxylation sites is 1. The van der Waals surface area contributed by atoms with Crippen LogP contribution in [-0.2, 0) is 11.3 Å². The molecule has 1 amide bonds. The minimum Gasteiger partial charge on any atom is -0.338 e. The number of carbonyl (C=O) groups excluding carboxylic acids is 1. The molecule has 4 aromatic rings. The fourth-order valence-electron chi connectivity index (χ4n) is 3.44. The van der Waals surface area contributed by atoms with E-state index in [0.29, 0.717) is 6.54 Å². The molecule has 0 unspecified atom stereocenters. The molecule has 1 atom stereocenters. The Balaban J connectivity index is 1.44. The van der Waals surface area contributed by atoms with Gasteiger partial charge in [0.05, 0.1) is 29.3 Å². The largest absolute Gasteiger partial charge is 0.338 e. The second-order valence-corrected chi connectivity index (χ2v) is 8.58. The Bertz CT molecular complexity index is 1090. The first-order valence-electron chi connectivity index (χ1n) is 10.0. The van der Waals surface area contributed by atoms with Gasteiger partial charge in [-0.2, -0.15) is 0 Å². The molecule has 5 heteroatoms. The van der Waals surface area contributed by atoms with E-state index in [1.807, 2.05) is 43.4 Å². The lowest BCUT2D eigenvalue weighted by Crippen LogP contribution is -2.37. The molecule has 0 aliphatic rings. The Morgan fingerprint density at radius 2 is 1.63 bits per heavy atom. The molecule has 0 saturated heterocycles. The number of thiazole rings is 1. The van der Waals surface area contributed by atoms with Crippen molar-refractivity contribution in [3.8, 4) is 0 Å². The third kappa shape index (κ3) is 4.75. The average Bonchev–Trinajstić information content (AvgIpc) is 3.18. The summed E-state index contributed by atoms with van der Waals surface area (Å²) in [5, 5.41) is 4.41. The Morgan fingerprint density at radius 3 is 2.37 bits per heavy atom. The number of nitrogens with one attached hydrogen (secondary N) is 1. The van der Waals surface area contributed by atoms with Gasteiger partial charge in [-0.25, -0.2) is 4.98 Å². The molecule has 0 spiro atoms. The predicted octanol–water partition coefficient (Wildman–Crippen LogP) is 4.94. The topological polar surface area (TPSA) is 45.2 Å². The molecule has 0 fully saturated rings. The van der Waals surface area contributed by atoms with Gasteiger partial charge in [-0.3, -0.25) is 10.1 Å². The minimum absolute atomic E-state index is 0.0356. The lowest BCUT2D eigenvalue weighted by atomic mass is 9.98. The number of rotatable bonds is 7. The zero-order valence-corrected chi connectivity index (χ0v) is 18.0. The molecule has 152 valence electrons. The molecule has 0 aliphatic heterocycles. The maximum Gasteiger partial charge on any atom is 0.236 e. The van der Waals surface area contributed by atoms with E-state index in [0.717, 1.165) is 26.4 Å². The van der Waals surface area contributed by atoms with Crippen LogP contribution in [0.2, 0.25) is 0 Å². The average molecular weight is 416 g/mol. The van der Waals surface area contributed by atoms with Crippen LogP contribution in [0.25, 0.3) is 10.2 Å². The monoisotopic (exact) mass is 415 g/mol. The van der Waals surface area contributed by atoms with Crippen LogP contribution >= 0.6 is 11.3 Å². The van der Waals surface area contributed by atoms with Gasteiger partial charge >= 0.3 is 0 Å². The highest BCUT2D eigenvalue weighted by Crippen LogP contribution is 2.24. The summed E-state index contributed by atoms with van der Waals surface area (Å²) >= 11 is 1.64. The van der Waals surface area contributed by atoms with E-state index in [1.165, 1.54) is 5.56 Å². The quantitative estimate of drug-likeness (QED) is 0.465. The highest BCUT2D eigenvalue weighted by atomic mass is 32.1. The van der Waals surface area contributed by atoms with E-state index in [1.54, 1.807) is 16.2 Å². The number of benzene rings is 3. The van der Waals surface area contributed by atoms with Crippen molar-refractivity contribution in [1.82, 2.24) is 15.2 Å². The molecule has 30 heavy (non-hydrogen) atoms. The third-order valence-electron chi connectivity index (χ3n) is 5.14. The second kappa shape index (κ2) is 9.20. The van der Waals surface area contributed by atoms with Gasteiger partial charge < -0.3 is 4.90 Å². The van der Waals surface area contributed by atoms with Crippen molar-refractivity contribution < 1.29 is 4.79 Å². The predicted molar refractivity (Wildman–Crippen MR) is 124 cm³/mol. The van der Waals surface area contributed by atoms with Gasteiger partial charge in [0.1, 0.15) is 5.01 Å². The third-order valence-corrected chi connectivity index (χ3v) is 6.16. The number of nitrogens with zero attached hydrogens (tertiary/aromatic N) is 2. The van der Waals surface area contributed by atoms with Crippen molar-refractivity contribution in [2.24, 2.45) is 0 Å². The number of hydrogen-bond donors (Lipinski definition) is 1. The number of amides is 1. The van der Waals surface area contributed by atoms with Crippen molar-refractivity contribution in [2.45, 2.75) is 19.5 Å². The SMILES string of the molecule is Cc1ccc([C@H](NCC(=O)N(C)Cc2nc3ccccc3s2)c2ccccc2)cc1. The smallest absolute Gasteiger partial charge is 0.236 e. The van der Waals surface area contributed by atoms with Gasteiger partial charge in [0.15, 0.2) is 0 Å². The fraction of sp³-hybridized carbons (Fsp3) is 0.200. The van der Waals surface area contributed by atoms with Crippen LogP contribution in [0.1, 0.15) is 27.7 Å². The zero-order valence-electron chi connectivity index (χ0n) is 17.2. The second-order valence-electron chi connectivity index (χ2n) is 7.46. The van der Waals surface area contributed by atoms with Crippen molar-refractivity contribution in [1.29, 1.82) is 0 Å². The van der Waals surface area contributed by atoms with E-state index < -0.39 is 0 Å². The minimum atomic E-state index is -0.0356. The van der Waals surface area contributed by atoms with E-state index in [4.69, 9.17) is 0 Å². The Labute approximate surface area is 181 Å². The lowest BCUT2D eigenvalue weighted by Gasteiger charge is -2.22. The maximum absolute atomic E-state index is 12.8. The molecule has 0 bridgehead atoms. The number of hydrogen-bond acceptors (Lipinski definition) is 4. The van der Waals surface area contributed by atoms with Crippen LogP contribution in [0.4, 0.5) is 0 Å². The van der Waals surface area contributed by atoms with Crippen molar-refractivity contribution in [2.75, 3.05) is 13.6 Å². The summed E-state index contributed by atoms with van der Waals surface area (Å²) in [4.78, 5) is 19.2. The Morgan fingerprint density at radius 1 is 0.967 bits per heavy atom. The summed E-state index contributed by atoms with van der Waals surface area (Å²) in [6, 6.07) is 26.7. The summed E-state index contributed by atoms with van der Waals surface area (Å²) in [7, 11) is 1.83. The standard InChI is InChI=1S/C25H25N3OS/c1-18-12-14-20(15-13-18)25(19-8-4-3-5-9-19)26-16-24(29)28(2)17-23-27-21-10-6-7-11-22(21)30-23/h3-15,25-26H,16-17H2,1-2H3/t25-/m1/s1. The molecule has 1 aromatic heterocycles. The summed E-state index contributed by atoms with van der Waals surface area (Å²) in [6.07, 6.45) is 0. The Kier molecular flexibility index (Phi) is 6.21. The van der Waals surface area contributed by atoms with E-state index in [2.05, 4.69) is 59.7 Å². The summed E-state index contributed by atoms with van der Waals surface area (Å²) in [6.45, 7) is 2.85. The van der Waals surface area contributed by atoms with Crippen LogP contribution in [0.15, 0.2) is 78.9 Å². The first-order valence-corrected chi connectivity index (χ1v) is 10.8. The molecule has 4 nitrogen and oxygen atoms in total. The number of likely N-dealkylation sites (N-methyl/N-ethyl adjacent to an activating group) is 1. The van der Waals surface area contributed by atoms with Crippen LogP contribution < -0.4 is 5.32 Å². The molecule has 0 aliphatic carbocycles. The molecular formula is C25H25N3OS. The maximum atomic E-state index is 12.8. The van der Waals surface area contributed by atoms with Crippen molar-refractivity contribution >= 4 is 27.5 Å². The van der Waals surface area contributed by atoms with Crippen LogP contribution in [0.3, 0.4) is 0 Å². The van der Waals surface area contributed by atoms with Crippen LogP contribution in [0.5, 0.6) is 0 Å². The summed E-state index contributed by atoms with van der Waals surface area (Å²) in [5.41, 5.74) is 4.49. The number of aryl methyl sites for hydroxylation is 1. The van der Waals surface area contributed by atoms with E-state index >= 15 is 0 Å². The van der Waals surface area contributed by atoms with E-state index in [-0.39, 0.29) is 18.5 Å². The van der Waals surface area contributed by atoms with Gasteiger partial charge in [0.25, 0.3) is 0 Å². The molecule has 1 N–H and O–H groups in total. The van der Waals surface area contributed by atoms with Crippen molar-refractivity contribution in [3.05, 3.63) is 101 Å². The van der Waals surface area contributed by atoms with Crippen LogP contribution in [-0.4, -0.2) is 29.4 Å². The first-order chi connectivity index (χ1) is 14.6. The fourth-order valence-corrected chi connectivity index (χ4v) is 4.46. The summed E-state index contributed by atoms with van der Waals surface area (Å²) in [5.74, 6) is 0.0438. The molecule has 3 aromatic carbocycles. The highest BCUT2D eigenvalue weighted by Gasteiger charge is 2.17. The van der Waals surface area contributed by atoms with Crippen molar-refractivity contribution in [3.63, 3.8) is 0 Å². The number of fused-ring (bicyclic) bond motifs is 1. The molecule has 1 heterocycles. The van der Waals surface area contributed by atoms with E-state index in [9.17, 15) is 4.79 Å². The van der Waals surface area contributed by atoms with Gasteiger partial charge in [-0.15, -0.1) is 11.3 Å². The molecule has 0 radical (unpaired) electrons. The molecule has 4 rings (SSSR count). The molecular weight excluding hydrogens is 390 g/mol. The van der Waals surface area contributed by atoms with Gasteiger partial charge in [-0.05, 0) is 30.2 Å². The van der Waals surface area contributed by atoms with Gasteiger partial charge in [0.2, 0.25) is 5.91 Å². The van der Waals surface area contributed by atoms with Gasteiger partial charge in [0, 0.05) is 7.05 Å². The summed E-state index contributed by atoms with van der Waals surface area (Å²) < 4.78 is 1.15.